The summed E-state index contributed by atoms with van der Waals surface area (Å²) in [7, 11) is 0. The van der Waals surface area contributed by atoms with E-state index in [1.807, 2.05) is 13.0 Å². The van der Waals surface area contributed by atoms with Gasteiger partial charge in [-0.25, -0.2) is 4.98 Å². The Balaban J connectivity index is 2.14. The van der Waals surface area contributed by atoms with Gasteiger partial charge in [0.15, 0.2) is 5.13 Å². The summed E-state index contributed by atoms with van der Waals surface area (Å²) in [5, 5.41) is 3.54. The van der Waals surface area contributed by atoms with Crippen LogP contribution in [0.4, 0.5) is 5.13 Å². The van der Waals surface area contributed by atoms with Gasteiger partial charge >= 0.3 is 0 Å². The normalized spacial score (nSPS) is 12.6. The van der Waals surface area contributed by atoms with E-state index >= 15 is 0 Å². The quantitative estimate of drug-likeness (QED) is 0.671. The lowest BCUT2D eigenvalue weighted by Crippen LogP contribution is -2.22. The molecule has 1 N–H and O–H groups in total. The number of aryl methyl sites for hydroxylation is 1. The predicted octanol–water partition coefficient (Wildman–Crippen LogP) is 5.26. The van der Waals surface area contributed by atoms with Crippen LogP contribution in [0.5, 0.6) is 0 Å². The van der Waals surface area contributed by atoms with E-state index in [0.717, 1.165) is 34.0 Å². The molecule has 1 heterocycles. The Morgan fingerprint density at radius 2 is 2.25 bits per heavy atom. The number of nitrogens with zero attached hydrogens (tertiary/aromatic N) is 1. The number of hydrogen-bond acceptors (Lipinski definition) is 3. The van der Waals surface area contributed by atoms with Crippen molar-refractivity contribution in [3.63, 3.8) is 0 Å². The molecule has 1 aromatic carbocycles. The Bertz CT molecular complexity index is 627. The van der Waals surface area contributed by atoms with E-state index in [1.165, 1.54) is 16.9 Å². The lowest BCUT2D eigenvalue weighted by molar-refractivity contribution is -0.115. The minimum Gasteiger partial charge on any atom is -0.301 e. The first-order valence-corrected chi connectivity index (χ1v) is 9.05. The fourth-order valence-corrected chi connectivity index (χ4v) is 4.10. The number of anilines is 1. The fourth-order valence-electron chi connectivity index (χ4n) is 1.87. The van der Waals surface area contributed by atoms with Gasteiger partial charge in [0.25, 0.3) is 0 Å². The Morgan fingerprint density at radius 1 is 1.50 bits per heavy atom. The van der Waals surface area contributed by atoms with Crippen LogP contribution in [0, 0.1) is 6.92 Å². The number of carbonyl (C=O) groups is 1. The van der Waals surface area contributed by atoms with Gasteiger partial charge in [-0.2, -0.15) is 0 Å². The monoisotopic (exact) mass is 418 g/mol. The van der Waals surface area contributed by atoms with E-state index in [4.69, 9.17) is 0 Å². The van der Waals surface area contributed by atoms with Crippen molar-refractivity contribution in [2.45, 2.75) is 37.9 Å². The summed E-state index contributed by atoms with van der Waals surface area (Å²) in [5.74, 6) is -0.0228. The van der Waals surface area contributed by atoms with E-state index in [2.05, 4.69) is 55.2 Å². The molecule has 0 fully saturated rings. The molecule has 0 saturated carbocycles. The van der Waals surface area contributed by atoms with Crippen molar-refractivity contribution < 1.29 is 4.79 Å². The molecule has 0 saturated heterocycles. The van der Waals surface area contributed by atoms with Gasteiger partial charge in [0.2, 0.25) is 5.91 Å². The minimum absolute atomic E-state index is 0.0228. The van der Waals surface area contributed by atoms with E-state index in [9.17, 15) is 4.79 Å². The van der Waals surface area contributed by atoms with Crippen LogP contribution in [-0.4, -0.2) is 15.7 Å². The summed E-state index contributed by atoms with van der Waals surface area (Å²) in [6, 6.07) is 4.11. The minimum atomic E-state index is -0.153. The average molecular weight is 420 g/mol. The first-order valence-electron chi connectivity index (χ1n) is 6.53. The molecule has 2 rings (SSSR count). The maximum absolute atomic E-state index is 12.0. The lowest BCUT2D eigenvalue weighted by atomic mass is 10.2. The third kappa shape index (κ3) is 3.80. The molecule has 1 amide bonds. The summed E-state index contributed by atoms with van der Waals surface area (Å²) in [6.07, 6.45) is 2.96. The Hall–Kier alpha value is -0.460. The molecule has 6 heteroatoms. The molecule has 1 atom stereocenters. The number of amides is 1. The largest absolute Gasteiger partial charge is 0.301 e. The van der Waals surface area contributed by atoms with E-state index in [-0.39, 0.29) is 10.7 Å². The number of alkyl halides is 1. The third-order valence-electron chi connectivity index (χ3n) is 2.92. The highest BCUT2D eigenvalue weighted by Crippen LogP contribution is 2.32. The molecule has 20 heavy (non-hydrogen) atoms. The highest BCUT2D eigenvalue weighted by Gasteiger charge is 2.16. The summed E-state index contributed by atoms with van der Waals surface area (Å²) < 4.78 is 2.04. The van der Waals surface area contributed by atoms with Crippen LogP contribution in [0.3, 0.4) is 0 Å². The van der Waals surface area contributed by atoms with E-state index < -0.39 is 0 Å². The third-order valence-corrected chi connectivity index (χ3v) is 5.31. The van der Waals surface area contributed by atoms with Gasteiger partial charge < -0.3 is 5.32 Å². The molecule has 0 aliphatic rings. The first-order chi connectivity index (χ1) is 9.51. The number of nitrogens with one attached hydrogen (secondary N) is 1. The van der Waals surface area contributed by atoms with Gasteiger partial charge in [0.05, 0.1) is 15.0 Å². The second-order valence-corrected chi connectivity index (χ2v) is 7.70. The topological polar surface area (TPSA) is 42.0 Å². The van der Waals surface area contributed by atoms with Crippen LogP contribution < -0.4 is 5.32 Å². The number of rotatable bonds is 5. The van der Waals surface area contributed by atoms with Crippen LogP contribution in [0.1, 0.15) is 31.7 Å². The van der Waals surface area contributed by atoms with Crippen molar-refractivity contribution in [2.75, 3.05) is 5.32 Å². The van der Waals surface area contributed by atoms with Crippen LogP contribution in [0.2, 0.25) is 0 Å². The summed E-state index contributed by atoms with van der Waals surface area (Å²) >= 11 is 8.44. The zero-order valence-corrected chi connectivity index (χ0v) is 15.4. The smallest absolute Gasteiger partial charge is 0.239 e. The number of halogens is 2. The standard InChI is InChI=1S/C14H16Br2N2OS/c1-3-4-5-9(15)13(19)18-14-17-12-10(16)6-8(2)7-11(12)20-14/h6-7,9H,3-5H2,1-2H3,(H,17,18,19). The average Bonchev–Trinajstić information content (AvgIpc) is 2.78. The molecule has 0 radical (unpaired) electrons. The molecule has 0 aliphatic carbocycles. The number of aromatic nitrogens is 1. The Kier molecular flexibility index (Phi) is 5.57. The van der Waals surface area contributed by atoms with Crippen LogP contribution in [0.15, 0.2) is 16.6 Å². The number of fused-ring (bicyclic) bond motifs is 1. The Labute approximate surface area is 139 Å². The van der Waals surface area contributed by atoms with Gasteiger partial charge in [-0.15, -0.1) is 0 Å². The molecular formula is C14H16Br2N2OS. The van der Waals surface area contributed by atoms with Gasteiger partial charge in [-0.3, -0.25) is 4.79 Å². The predicted molar refractivity (Wildman–Crippen MR) is 92.9 cm³/mol. The number of benzene rings is 1. The molecule has 1 aromatic heterocycles. The highest BCUT2D eigenvalue weighted by atomic mass is 79.9. The highest BCUT2D eigenvalue weighted by molar-refractivity contribution is 9.10. The van der Waals surface area contributed by atoms with Crippen molar-refractivity contribution >= 4 is 64.5 Å². The molecule has 1 unspecified atom stereocenters. The van der Waals surface area contributed by atoms with E-state index in [0.29, 0.717) is 5.13 Å². The van der Waals surface area contributed by atoms with Crippen molar-refractivity contribution in [1.29, 1.82) is 0 Å². The fraction of sp³-hybridized carbons (Fsp3) is 0.429. The van der Waals surface area contributed by atoms with Crippen molar-refractivity contribution in [3.05, 3.63) is 22.2 Å². The summed E-state index contributed by atoms with van der Waals surface area (Å²) in [6.45, 7) is 4.16. The summed E-state index contributed by atoms with van der Waals surface area (Å²) in [4.78, 5) is 16.4. The van der Waals surface area contributed by atoms with Crippen molar-refractivity contribution in [3.8, 4) is 0 Å². The zero-order chi connectivity index (χ0) is 14.7. The van der Waals surface area contributed by atoms with Crippen molar-refractivity contribution in [2.24, 2.45) is 0 Å². The van der Waals surface area contributed by atoms with Crippen LogP contribution >= 0.6 is 43.2 Å². The number of hydrogen-bond donors (Lipinski definition) is 1. The van der Waals surface area contributed by atoms with Gasteiger partial charge in [-0.05, 0) is 47.0 Å². The second-order valence-electron chi connectivity index (χ2n) is 4.71. The molecule has 3 nitrogen and oxygen atoms in total. The van der Waals surface area contributed by atoms with Crippen LogP contribution in [-0.2, 0) is 4.79 Å². The maximum atomic E-state index is 12.0. The zero-order valence-electron chi connectivity index (χ0n) is 11.4. The van der Waals surface area contributed by atoms with Gasteiger partial charge in [0.1, 0.15) is 0 Å². The van der Waals surface area contributed by atoms with Gasteiger partial charge in [-0.1, -0.05) is 47.0 Å². The first kappa shape index (κ1) is 15.9. The van der Waals surface area contributed by atoms with E-state index in [1.54, 1.807) is 0 Å². The van der Waals surface area contributed by atoms with Gasteiger partial charge in [0, 0.05) is 4.47 Å². The molecular weight excluding hydrogens is 404 g/mol. The molecule has 108 valence electrons. The second kappa shape index (κ2) is 7.00. The van der Waals surface area contributed by atoms with Crippen LogP contribution in [0.25, 0.3) is 10.2 Å². The van der Waals surface area contributed by atoms with Crippen molar-refractivity contribution in [1.82, 2.24) is 4.98 Å². The summed E-state index contributed by atoms with van der Waals surface area (Å²) in [5.41, 5.74) is 2.07. The number of thiazole rings is 1. The number of unbranched alkanes of at least 4 members (excludes halogenated alkanes) is 1. The SMILES string of the molecule is CCCCC(Br)C(=O)Nc1nc2c(Br)cc(C)cc2s1. The Morgan fingerprint density at radius 3 is 2.95 bits per heavy atom. The maximum Gasteiger partial charge on any atom is 0.239 e. The lowest BCUT2D eigenvalue weighted by Gasteiger charge is -2.07. The molecule has 0 spiro atoms. The molecule has 0 aliphatic heterocycles. The molecule has 2 aromatic rings. The molecule has 0 bridgehead atoms. The number of carbonyl (C=O) groups excluding carboxylic acids is 1.